The second kappa shape index (κ2) is 9.35. The van der Waals surface area contributed by atoms with Gasteiger partial charge in [0.1, 0.15) is 5.84 Å². The first-order chi connectivity index (χ1) is 13.0. The van der Waals surface area contributed by atoms with E-state index < -0.39 is 10.0 Å². The second-order valence-electron chi connectivity index (χ2n) is 7.51. The molecule has 1 fully saturated rings. The highest BCUT2D eigenvalue weighted by Crippen LogP contribution is 2.28. The fourth-order valence-corrected chi connectivity index (χ4v) is 4.84. The van der Waals surface area contributed by atoms with Crippen molar-refractivity contribution in [3.05, 3.63) is 24.3 Å². The summed E-state index contributed by atoms with van der Waals surface area (Å²) in [6, 6.07) is 6.31. The number of anilines is 1. The van der Waals surface area contributed by atoms with Gasteiger partial charge in [0, 0.05) is 25.1 Å². The van der Waals surface area contributed by atoms with Gasteiger partial charge in [0.05, 0.1) is 4.90 Å². The van der Waals surface area contributed by atoms with Crippen LogP contribution in [-0.2, 0) is 14.8 Å². The molecule has 2 N–H and O–H groups in total. The maximum Gasteiger partial charge on any atom is 0.262 e. The number of carbonyl (C=O) groups is 1. The highest BCUT2D eigenvalue weighted by Gasteiger charge is 2.18. The van der Waals surface area contributed by atoms with Gasteiger partial charge in [0.25, 0.3) is 10.0 Å². The van der Waals surface area contributed by atoms with Crippen LogP contribution in [0.15, 0.2) is 34.2 Å². The first-order valence-electron chi connectivity index (χ1n) is 9.99. The quantitative estimate of drug-likeness (QED) is 0.772. The topological polar surface area (TPSA) is 87.6 Å². The Labute approximate surface area is 161 Å². The molecule has 6 nitrogen and oxygen atoms in total. The summed E-state index contributed by atoms with van der Waals surface area (Å²) < 4.78 is 27.6. The molecule has 2 aliphatic rings. The van der Waals surface area contributed by atoms with Gasteiger partial charge in [-0.1, -0.05) is 32.1 Å². The third kappa shape index (κ3) is 6.06. The standard InChI is InChI=1S/C20H29N3O3S/c24-20(14-9-16-6-3-4-7-16)22-17-10-12-18(13-11-17)27(25,26)23-19-8-2-1-5-15-21-19/h10-13,16H,1-9,14-15H2,(H,21,23)(H,22,24). The number of hydrogen-bond donors (Lipinski definition) is 2. The molecule has 1 aromatic carbocycles. The van der Waals surface area contributed by atoms with Gasteiger partial charge in [-0.2, -0.15) is 0 Å². The summed E-state index contributed by atoms with van der Waals surface area (Å²) in [6.07, 6.45) is 10.2. The second-order valence-corrected chi connectivity index (χ2v) is 9.19. The van der Waals surface area contributed by atoms with Crippen molar-refractivity contribution >= 4 is 27.5 Å². The third-order valence-electron chi connectivity index (χ3n) is 5.33. The SMILES string of the molecule is O=C(CCC1CCCC1)Nc1ccc(S(=O)(=O)NC2=NCCCCC2)cc1. The highest BCUT2D eigenvalue weighted by atomic mass is 32.2. The van der Waals surface area contributed by atoms with E-state index in [1.165, 1.54) is 37.8 Å². The van der Waals surface area contributed by atoms with Crippen LogP contribution in [0, 0.1) is 5.92 Å². The molecule has 1 aliphatic heterocycles. The van der Waals surface area contributed by atoms with Gasteiger partial charge in [-0.15, -0.1) is 0 Å². The molecule has 0 aromatic heterocycles. The summed E-state index contributed by atoms with van der Waals surface area (Å²) in [5, 5.41) is 2.86. The molecule has 7 heteroatoms. The van der Waals surface area contributed by atoms with E-state index in [0.717, 1.165) is 25.7 Å². The fourth-order valence-electron chi connectivity index (χ4n) is 3.75. The molecule has 1 heterocycles. The number of benzene rings is 1. The minimum absolute atomic E-state index is 0.0107. The zero-order chi connectivity index (χ0) is 19.1. The third-order valence-corrected chi connectivity index (χ3v) is 6.73. The van der Waals surface area contributed by atoms with Crippen LogP contribution in [0.1, 0.15) is 64.2 Å². The summed E-state index contributed by atoms with van der Waals surface area (Å²) in [6.45, 7) is 0.670. The van der Waals surface area contributed by atoms with Crippen LogP contribution in [0.4, 0.5) is 5.69 Å². The average Bonchev–Trinajstić information content (AvgIpc) is 3.04. The van der Waals surface area contributed by atoms with E-state index in [0.29, 0.717) is 36.8 Å². The number of nitrogens with one attached hydrogen (secondary N) is 2. The van der Waals surface area contributed by atoms with Gasteiger partial charge in [-0.25, -0.2) is 8.42 Å². The zero-order valence-electron chi connectivity index (χ0n) is 15.7. The van der Waals surface area contributed by atoms with E-state index in [1.807, 2.05) is 0 Å². The predicted molar refractivity (Wildman–Crippen MR) is 107 cm³/mol. The molecule has 1 amide bonds. The fraction of sp³-hybridized carbons (Fsp3) is 0.600. The molecule has 1 saturated carbocycles. The summed E-state index contributed by atoms with van der Waals surface area (Å²) in [5.74, 6) is 1.21. The number of amides is 1. The summed E-state index contributed by atoms with van der Waals surface area (Å²) in [4.78, 5) is 16.6. The summed E-state index contributed by atoms with van der Waals surface area (Å²) >= 11 is 0. The van der Waals surface area contributed by atoms with Crippen molar-refractivity contribution in [2.45, 2.75) is 69.1 Å². The number of sulfonamides is 1. The maximum absolute atomic E-state index is 12.5. The van der Waals surface area contributed by atoms with Crippen molar-refractivity contribution in [1.29, 1.82) is 0 Å². The lowest BCUT2D eigenvalue weighted by atomic mass is 10.0. The van der Waals surface area contributed by atoms with E-state index in [-0.39, 0.29) is 10.8 Å². The van der Waals surface area contributed by atoms with Gasteiger partial charge in [0.15, 0.2) is 0 Å². The number of carbonyl (C=O) groups excluding carboxylic acids is 1. The lowest BCUT2D eigenvalue weighted by Gasteiger charge is -2.11. The van der Waals surface area contributed by atoms with Crippen LogP contribution < -0.4 is 10.0 Å². The van der Waals surface area contributed by atoms with Crippen molar-refractivity contribution in [3.63, 3.8) is 0 Å². The smallest absolute Gasteiger partial charge is 0.262 e. The maximum atomic E-state index is 12.5. The van der Waals surface area contributed by atoms with Crippen LogP contribution >= 0.6 is 0 Å². The Balaban J connectivity index is 1.53. The molecule has 0 unspecified atom stereocenters. The highest BCUT2D eigenvalue weighted by molar-refractivity contribution is 7.90. The molecule has 1 aromatic rings. The van der Waals surface area contributed by atoms with Gasteiger partial charge >= 0.3 is 0 Å². The van der Waals surface area contributed by atoms with Crippen LogP contribution in [0.5, 0.6) is 0 Å². The molecular weight excluding hydrogens is 362 g/mol. The van der Waals surface area contributed by atoms with Crippen molar-refractivity contribution in [3.8, 4) is 0 Å². The number of amidine groups is 1. The Hall–Kier alpha value is -1.89. The Morgan fingerprint density at radius 3 is 2.52 bits per heavy atom. The van der Waals surface area contributed by atoms with Gasteiger partial charge < -0.3 is 5.32 Å². The Morgan fingerprint density at radius 2 is 1.78 bits per heavy atom. The predicted octanol–water partition coefficient (Wildman–Crippen LogP) is 3.85. The van der Waals surface area contributed by atoms with Gasteiger partial charge in [-0.05, 0) is 49.4 Å². The number of rotatable bonds is 6. The Kier molecular flexibility index (Phi) is 6.88. The van der Waals surface area contributed by atoms with Gasteiger partial charge in [-0.3, -0.25) is 14.5 Å². The summed E-state index contributed by atoms with van der Waals surface area (Å²) in [5.41, 5.74) is 0.622. The van der Waals surface area contributed by atoms with E-state index >= 15 is 0 Å². The van der Waals surface area contributed by atoms with Crippen LogP contribution in [0.2, 0.25) is 0 Å². The first-order valence-corrected chi connectivity index (χ1v) is 11.5. The van der Waals surface area contributed by atoms with Crippen molar-refractivity contribution in [2.24, 2.45) is 10.9 Å². The van der Waals surface area contributed by atoms with E-state index in [1.54, 1.807) is 12.1 Å². The number of nitrogens with zero attached hydrogens (tertiary/aromatic N) is 1. The molecular formula is C20H29N3O3S. The van der Waals surface area contributed by atoms with E-state index in [9.17, 15) is 13.2 Å². The largest absolute Gasteiger partial charge is 0.326 e. The molecule has 1 aliphatic carbocycles. The van der Waals surface area contributed by atoms with E-state index in [4.69, 9.17) is 0 Å². The molecule has 0 bridgehead atoms. The lowest BCUT2D eigenvalue weighted by Crippen LogP contribution is -2.30. The molecule has 0 saturated heterocycles. The molecule has 27 heavy (non-hydrogen) atoms. The molecule has 0 atom stereocenters. The minimum atomic E-state index is -3.64. The van der Waals surface area contributed by atoms with Crippen LogP contribution in [-0.4, -0.2) is 26.7 Å². The van der Waals surface area contributed by atoms with Crippen LogP contribution in [0.3, 0.4) is 0 Å². The normalized spacial score (nSPS) is 18.6. The lowest BCUT2D eigenvalue weighted by molar-refractivity contribution is -0.116. The summed E-state index contributed by atoms with van der Waals surface area (Å²) in [7, 11) is -3.64. The first kappa shape index (κ1) is 19.9. The van der Waals surface area contributed by atoms with Crippen molar-refractivity contribution in [1.82, 2.24) is 4.72 Å². The zero-order valence-corrected chi connectivity index (χ0v) is 16.6. The van der Waals surface area contributed by atoms with Gasteiger partial charge in [0.2, 0.25) is 5.91 Å². The average molecular weight is 392 g/mol. The molecule has 0 radical (unpaired) electrons. The molecule has 0 spiro atoms. The minimum Gasteiger partial charge on any atom is -0.326 e. The Bertz CT molecular complexity index is 766. The van der Waals surface area contributed by atoms with Crippen molar-refractivity contribution in [2.75, 3.05) is 11.9 Å². The monoisotopic (exact) mass is 391 g/mol. The molecule has 3 rings (SSSR count). The van der Waals surface area contributed by atoms with E-state index in [2.05, 4.69) is 15.0 Å². The Morgan fingerprint density at radius 1 is 1.04 bits per heavy atom. The van der Waals surface area contributed by atoms with Crippen LogP contribution in [0.25, 0.3) is 0 Å². The van der Waals surface area contributed by atoms with Crippen molar-refractivity contribution < 1.29 is 13.2 Å². The number of hydrogen-bond acceptors (Lipinski definition) is 4. The molecule has 148 valence electrons. The number of aliphatic imine (C=N–C) groups is 1.